The zero-order valence-corrected chi connectivity index (χ0v) is 13.3. The third-order valence-corrected chi connectivity index (χ3v) is 3.95. The second kappa shape index (κ2) is 7.31. The summed E-state index contributed by atoms with van der Waals surface area (Å²) in [6, 6.07) is 11.3. The maximum Gasteiger partial charge on any atom is 0.238 e. The number of nitrogens with zero attached hydrogens (tertiary/aromatic N) is 1. The Bertz CT molecular complexity index is 626. The van der Waals surface area contributed by atoms with Crippen LogP contribution in [0.4, 0.5) is 5.69 Å². The number of amides is 1. The maximum absolute atomic E-state index is 12.0. The molecule has 2 rings (SSSR count). The van der Waals surface area contributed by atoms with E-state index in [-0.39, 0.29) is 5.91 Å². The number of likely N-dealkylation sites (N-methyl/N-ethyl adjacent to an activating group) is 1. The minimum Gasteiger partial charge on any atom is -0.389 e. The molecule has 1 aromatic heterocycles. The van der Waals surface area contributed by atoms with E-state index in [1.165, 1.54) is 4.88 Å². The molecule has 1 amide bonds. The SMILES string of the molecule is CN(CC(=O)Nc1cccc(C(N)=S)c1)Cc1cccs1. The predicted octanol–water partition coefficient (Wildman–Crippen LogP) is 2.45. The van der Waals surface area contributed by atoms with Gasteiger partial charge in [-0.2, -0.15) is 0 Å². The van der Waals surface area contributed by atoms with Gasteiger partial charge in [0.2, 0.25) is 5.91 Å². The smallest absolute Gasteiger partial charge is 0.238 e. The van der Waals surface area contributed by atoms with Gasteiger partial charge in [-0.3, -0.25) is 9.69 Å². The average Bonchev–Trinajstić information content (AvgIpc) is 2.91. The number of rotatable bonds is 6. The fourth-order valence-electron chi connectivity index (χ4n) is 1.92. The van der Waals surface area contributed by atoms with E-state index in [0.29, 0.717) is 17.2 Å². The monoisotopic (exact) mass is 319 g/mol. The van der Waals surface area contributed by atoms with E-state index >= 15 is 0 Å². The molecule has 3 N–H and O–H groups in total. The highest BCUT2D eigenvalue weighted by atomic mass is 32.1. The van der Waals surface area contributed by atoms with Crippen molar-refractivity contribution in [2.24, 2.45) is 5.73 Å². The van der Waals surface area contributed by atoms with Gasteiger partial charge in [0.05, 0.1) is 6.54 Å². The Morgan fingerprint density at radius 3 is 2.86 bits per heavy atom. The Morgan fingerprint density at radius 2 is 2.19 bits per heavy atom. The summed E-state index contributed by atoms with van der Waals surface area (Å²) in [7, 11) is 1.92. The number of anilines is 1. The van der Waals surface area contributed by atoms with Gasteiger partial charge in [0.1, 0.15) is 4.99 Å². The molecule has 4 nitrogen and oxygen atoms in total. The van der Waals surface area contributed by atoms with Crippen molar-refractivity contribution < 1.29 is 4.79 Å². The van der Waals surface area contributed by atoms with Gasteiger partial charge in [0, 0.05) is 22.7 Å². The van der Waals surface area contributed by atoms with Crippen LogP contribution in [0.15, 0.2) is 41.8 Å². The van der Waals surface area contributed by atoms with E-state index in [9.17, 15) is 4.79 Å². The van der Waals surface area contributed by atoms with E-state index in [1.54, 1.807) is 17.4 Å². The first-order valence-electron chi connectivity index (χ1n) is 6.45. The molecule has 0 aliphatic carbocycles. The molecule has 0 bridgehead atoms. The van der Waals surface area contributed by atoms with Crippen LogP contribution in [-0.4, -0.2) is 29.4 Å². The molecule has 2 aromatic rings. The second-order valence-corrected chi connectivity index (χ2v) is 6.22. The molecule has 21 heavy (non-hydrogen) atoms. The lowest BCUT2D eigenvalue weighted by atomic mass is 10.2. The van der Waals surface area contributed by atoms with Crippen molar-refractivity contribution in [3.63, 3.8) is 0 Å². The van der Waals surface area contributed by atoms with Crippen molar-refractivity contribution in [1.29, 1.82) is 0 Å². The molecule has 0 aliphatic heterocycles. The van der Waals surface area contributed by atoms with Crippen molar-refractivity contribution in [2.45, 2.75) is 6.54 Å². The highest BCUT2D eigenvalue weighted by molar-refractivity contribution is 7.80. The number of nitrogens with two attached hydrogens (primary N) is 1. The van der Waals surface area contributed by atoms with Crippen LogP contribution in [0.25, 0.3) is 0 Å². The standard InChI is InChI=1S/C15H17N3OS2/c1-18(9-13-6-3-7-21-13)10-14(19)17-12-5-2-4-11(8-12)15(16)20/h2-8H,9-10H2,1H3,(H2,16,20)(H,17,19). The number of thiocarbonyl (C=S) groups is 1. The number of carbonyl (C=O) groups is 1. The molecular weight excluding hydrogens is 302 g/mol. The maximum atomic E-state index is 12.0. The Kier molecular flexibility index (Phi) is 5.44. The number of hydrogen-bond donors (Lipinski definition) is 2. The largest absolute Gasteiger partial charge is 0.389 e. The zero-order chi connectivity index (χ0) is 15.2. The lowest BCUT2D eigenvalue weighted by Crippen LogP contribution is -2.29. The van der Waals surface area contributed by atoms with Crippen molar-refractivity contribution in [2.75, 3.05) is 18.9 Å². The normalized spacial score (nSPS) is 10.6. The third kappa shape index (κ3) is 4.93. The van der Waals surface area contributed by atoms with Crippen molar-refractivity contribution >= 4 is 40.1 Å². The minimum absolute atomic E-state index is 0.0610. The van der Waals surface area contributed by atoms with Crippen LogP contribution >= 0.6 is 23.6 Å². The number of thiophene rings is 1. The van der Waals surface area contributed by atoms with Crippen LogP contribution in [0, 0.1) is 0 Å². The van der Waals surface area contributed by atoms with Crippen LogP contribution in [-0.2, 0) is 11.3 Å². The van der Waals surface area contributed by atoms with E-state index in [2.05, 4.69) is 11.4 Å². The van der Waals surface area contributed by atoms with Gasteiger partial charge in [-0.05, 0) is 30.6 Å². The van der Waals surface area contributed by atoms with Gasteiger partial charge in [-0.25, -0.2) is 0 Å². The fourth-order valence-corrected chi connectivity index (χ4v) is 2.83. The van der Waals surface area contributed by atoms with Crippen LogP contribution in [0.1, 0.15) is 10.4 Å². The molecule has 0 spiro atoms. The lowest BCUT2D eigenvalue weighted by Gasteiger charge is -2.15. The van der Waals surface area contributed by atoms with Crippen LogP contribution in [0.2, 0.25) is 0 Å². The molecule has 0 saturated heterocycles. The summed E-state index contributed by atoms with van der Waals surface area (Å²) in [5.41, 5.74) is 7.03. The van der Waals surface area contributed by atoms with Gasteiger partial charge in [-0.15, -0.1) is 11.3 Å². The molecule has 0 radical (unpaired) electrons. The van der Waals surface area contributed by atoms with Gasteiger partial charge in [-0.1, -0.05) is 30.4 Å². The Hall–Kier alpha value is -1.76. The first kappa shape index (κ1) is 15.6. The topological polar surface area (TPSA) is 58.4 Å². The van der Waals surface area contributed by atoms with E-state index < -0.39 is 0 Å². The highest BCUT2D eigenvalue weighted by Crippen LogP contribution is 2.12. The summed E-state index contributed by atoms with van der Waals surface area (Å²) in [5, 5.41) is 4.89. The molecular formula is C15H17N3OS2. The Labute approximate surface area is 133 Å². The van der Waals surface area contributed by atoms with Crippen LogP contribution in [0.3, 0.4) is 0 Å². The average molecular weight is 319 g/mol. The van der Waals surface area contributed by atoms with Crippen molar-refractivity contribution in [3.05, 3.63) is 52.2 Å². The molecule has 0 saturated carbocycles. The minimum atomic E-state index is -0.0610. The molecule has 0 atom stereocenters. The van der Waals surface area contributed by atoms with Gasteiger partial charge in [0.15, 0.2) is 0 Å². The molecule has 0 fully saturated rings. The summed E-state index contributed by atoms with van der Waals surface area (Å²) in [6.07, 6.45) is 0. The highest BCUT2D eigenvalue weighted by Gasteiger charge is 2.08. The first-order chi connectivity index (χ1) is 10.0. The van der Waals surface area contributed by atoms with E-state index in [1.807, 2.05) is 41.6 Å². The third-order valence-electron chi connectivity index (χ3n) is 2.85. The molecule has 1 aromatic carbocycles. The van der Waals surface area contributed by atoms with Crippen LogP contribution < -0.4 is 11.1 Å². The van der Waals surface area contributed by atoms with Gasteiger partial charge in [0.25, 0.3) is 0 Å². The summed E-state index contributed by atoms with van der Waals surface area (Å²) < 4.78 is 0. The molecule has 0 unspecified atom stereocenters. The fraction of sp³-hybridized carbons (Fsp3) is 0.200. The van der Waals surface area contributed by atoms with Gasteiger partial charge >= 0.3 is 0 Å². The Balaban J connectivity index is 1.89. The Morgan fingerprint density at radius 1 is 1.38 bits per heavy atom. The first-order valence-corrected chi connectivity index (χ1v) is 7.74. The number of hydrogen-bond acceptors (Lipinski definition) is 4. The predicted molar refractivity (Wildman–Crippen MR) is 91.6 cm³/mol. The number of nitrogens with one attached hydrogen (secondary N) is 1. The molecule has 6 heteroatoms. The summed E-state index contributed by atoms with van der Waals surface area (Å²) >= 11 is 6.61. The van der Waals surface area contributed by atoms with E-state index in [4.69, 9.17) is 18.0 Å². The molecule has 1 heterocycles. The summed E-state index contributed by atoms with van der Waals surface area (Å²) in [6.45, 7) is 1.09. The number of benzene rings is 1. The quantitative estimate of drug-likeness (QED) is 0.803. The molecule has 0 aliphatic rings. The zero-order valence-electron chi connectivity index (χ0n) is 11.7. The lowest BCUT2D eigenvalue weighted by molar-refractivity contribution is -0.117. The van der Waals surface area contributed by atoms with Gasteiger partial charge < -0.3 is 11.1 Å². The van der Waals surface area contributed by atoms with E-state index in [0.717, 1.165) is 12.1 Å². The number of carbonyl (C=O) groups excluding carboxylic acids is 1. The van der Waals surface area contributed by atoms with Crippen molar-refractivity contribution in [3.8, 4) is 0 Å². The summed E-state index contributed by atoms with van der Waals surface area (Å²) in [4.78, 5) is 15.5. The summed E-state index contributed by atoms with van der Waals surface area (Å²) in [5.74, 6) is -0.0610. The van der Waals surface area contributed by atoms with Crippen molar-refractivity contribution in [1.82, 2.24) is 4.90 Å². The second-order valence-electron chi connectivity index (χ2n) is 4.74. The molecule has 110 valence electrons. The van der Waals surface area contributed by atoms with Crippen LogP contribution in [0.5, 0.6) is 0 Å².